The van der Waals surface area contributed by atoms with Crippen LogP contribution in [0.4, 0.5) is 11.5 Å². The Bertz CT molecular complexity index is 926. The standard InChI is InChI=1S/C21H28N6/c1-4-16-9-15(11-23-17-7-8-22-12-17)5-6-19(16)27(3)21-10-20-18(13-24-21)25-14-26(20)2/h5-6,9-10,13-14,17,22-23H,4,7-8,11-12H2,1-3H3. The van der Waals surface area contributed by atoms with E-state index in [-0.39, 0.29) is 0 Å². The minimum atomic E-state index is 0.590. The Morgan fingerprint density at radius 3 is 2.96 bits per heavy atom. The first-order valence-electron chi connectivity index (χ1n) is 9.72. The van der Waals surface area contributed by atoms with Gasteiger partial charge in [-0.1, -0.05) is 19.1 Å². The molecule has 2 N–H and O–H groups in total. The predicted octanol–water partition coefficient (Wildman–Crippen LogP) is 2.75. The third-order valence-electron chi connectivity index (χ3n) is 5.48. The number of pyridine rings is 1. The first kappa shape index (κ1) is 17.9. The fourth-order valence-electron chi connectivity index (χ4n) is 3.78. The van der Waals surface area contributed by atoms with Crippen LogP contribution in [0.5, 0.6) is 0 Å². The maximum Gasteiger partial charge on any atom is 0.134 e. The van der Waals surface area contributed by atoms with Crippen LogP contribution in [0.3, 0.4) is 0 Å². The van der Waals surface area contributed by atoms with Crippen molar-refractivity contribution >= 4 is 22.5 Å². The molecule has 0 saturated carbocycles. The van der Waals surface area contributed by atoms with E-state index < -0.39 is 0 Å². The van der Waals surface area contributed by atoms with Gasteiger partial charge in [-0.2, -0.15) is 0 Å². The quantitative estimate of drug-likeness (QED) is 0.704. The third-order valence-corrected chi connectivity index (χ3v) is 5.48. The van der Waals surface area contributed by atoms with Crippen molar-refractivity contribution < 1.29 is 0 Å². The molecule has 142 valence electrons. The molecule has 1 aromatic carbocycles. The zero-order valence-corrected chi connectivity index (χ0v) is 16.4. The van der Waals surface area contributed by atoms with Crippen LogP contribution in [-0.4, -0.2) is 40.7 Å². The Kier molecular flexibility index (Phi) is 5.09. The molecule has 0 spiro atoms. The van der Waals surface area contributed by atoms with E-state index in [0.29, 0.717) is 6.04 Å². The molecular formula is C21H28N6. The normalized spacial score (nSPS) is 16.9. The number of rotatable bonds is 6. The van der Waals surface area contributed by atoms with Crippen molar-refractivity contribution in [2.24, 2.45) is 7.05 Å². The Hall–Kier alpha value is -2.44. The highest BCUT2D eigenvalue weighted by atomic mass is 15.2. The Morgan fingerprint density at radius 2 is 2.19 bits per heavy atom. The summed E-state index contributed by atoms with van der Waals surface area (Å²) in [5.74, 6) is 0.934. The molecule has 1 atom stereocenters. The fourth-order valence-corrected chi connectivity index (χ4v) is 3.78. The fraction of sp³-hybridized carbons (Fsp3) is 0.429. The highest BCUT2D eigenvalue weighted by Crippen LogP contribution is 2.28. The molecule has 0 radical (unpaired) electrons. The van der Waals surface area contributed by atoms with E-state index in [1.165, 1.54) is 23.2 Å². The van der Waals surface area contributed by atoms with Gasteiger partial charge in [0.15, 0.2) is 0 Å². The summed E-state index contributed by atoms with van der Waals surface area (Å²) in [6, 6.07) is 9.46. The van der Waals surface area contributed by atoms with Crippen LogP contribution in [0, 0.1) is 0 Å². The van der Waals surface area contributed by atoms with Crippen molar-refractivity contribution in [3.05, 3.63) is 47.9 Å². The topological polar surface area (TPSA) is 58.0 Å². The Morgan fingerprint density at radius 1 is 1.30 bits per heavy atom. The summed E-state index contributed by atoms with van der Waals surface area (Å²) in [4.78, 5) is 11.1. The lowest BCUT2D eigenvalue weighted by Gasteiger charge is -2.22. The minimum Gasteiger partial charge on any atom is -0.334 e. The van der Waals surface area contributed by atoms with Crippen molar-refractivity contribution in [1.82, 2.24) is 25.2 Å². The molecule has 1 aliphatic heterocycles. The lowest BCUT2D eigenvalue weighted by molar-refractivity contribution is 0.547. The Labute approximate surface area is 160 Å². The number of aromatic nitrogens is 3. The molecule has 4 rings (SSSR count). The van der Waals surface area contributed by atoms with Gasteiger partial charge in [-0.3, -0.25) is 0 Å². The van der Waals surface area contributed by atoms with Gasteiger partial charge in [0.05, 0.1) is 18.0 Å². The lowest BCUT2D eigenvalue weighted by Crippen LogP contribution is -2.30. The van der Waals surface area contributed by atoms with Crippen LogP contribution in [0.1, 0.15) is 24.5 Å². The summed E-state index contributed by atoms with van der Waals surface area (Å²) in [6.07, 6.45) is 5.88. The van der Waals surface area contributed by atoms with Gasteiger partial charge in [0.2, 0.25) is 0 Å². The van der Waals surface area contributed by atoms with Crippen molar-refractivity contribution in [1.29, 1.82) is 0 Å². The smallest absolute Gasteiger partial charge is 0.134 e. The monoisotopic (exact) mass is 364 g/mol. The maximum atomic E-state index is 4.61. The van der Waals surface area contributed by atoms with Gasteiger partial charge in [0.25, 0.3) is 0 Å². The second-order valence-electron chi connectivity index (χ2n) is 7.33. The number of nitrogens with one attached hydrogen (secondary N) is 2. The molecule has 6 nitrogen and oxygen atoms in total. The molecule has 2 aromatic heterocycles. The molecule has 0 bridgehead atoms. The van der Waals surface area contributed by atoms with Crippen LogP contribution in [0.25, 0.3) is 11.0 Å². The van der Waals surface area contributed by atoms with Crippen LogP contribution in [0.15, 0.2) is 36.8 Å². The van der Waals surface area contributed by atoms with E-state index in [2.05, 4.69) is 63.7 Å². The van der Waals surface area contributed by atoms with E-state index in [4.69, 9.17) is 0 Å². The predicted molar refractivity (Wildman–Crippen MR) is 111 cm³/mol. The van der Waals surface area contributed by atoms with Gasteiger partial charge in [0.1, 0.15) is 11.3 Å². The summed E-state index contributed by atoms with van der Waals surface area (Å²) in [5.41, 5.74) is 5.90. The van der Waals surface area contributed by atoms with Gasteiger partial charge in [-0.25, -0.2) is 9.97 Å². The van der Waals surface area contributed by atoms with E-state index in [0.717, 1.165) is 42.9 Å². The summed E-state index contributed by atoms with van der Waals surface area (Å²) in [5, 5.41) is 7.06. The van der Waals surface area contributed by atoms with Gasteiger partial charge in [-0.15, -0.1) is 0 Å². The number of hydrogen-bond acceptors (Lipinski definition) is 5. The first-order chi connectivity index (χ1) is 13.2. The number of nitrogens with zero attached hydrogens (tertiary/aromatic N) is 4. The molecular weight excluding hydrogens is 336 g/mol. The van der Waals surface area contributed by atoms with Gasteiger partial charge >= 0.3 is 0 Å². The number of aryl methyl sites for hydroxylation is 2. The average Bonchev–Trinajstić information content (AvgIpc) is 3.35. The summed E-state index contributed by atoms with van der Waals surface area (Å²) in [7, 11) is 4.10. The highest BCUT2D eigenvalue weighted by Gasteiger charge is 2.15. The molecule has 1 saturated heterocycles. The molecule has 6 heteroatoms. The molecule has 0 aliphatic carbocycles. The molecule has 3 heterocycles. The minimum absolute atomic E-state index is 0.590. The molecule has 1 unspecified atom stereocenters. The molecule has 1 fully saturated rings. The van der Waals surface area contributed by atoms with E-state index in [9.17, 15) is 0 Å². The second kappa shape index (κ2) is 7.66. The third kappa shape index (κ3) is 3.68. The zero-order valence-electron chi connectivity index (χ0n) is 16.4. The van der Waals surface area contributed by atoms with Gasteiger partial charge < -0.3 is 20.1 Å². The van der Waals surface area contributed by atoms with Crippen LogP contribution in [-0.2, 0) is 20.0 Å². The molecule has 27 heavy (non-hydrogen) atoms. The van der Waals surface area contributed by atoms with E-state index in [1.807, 2.05) is 24.1 Å². The summed E-state index contributed by atoms with van der Waals surface area (Å²) in [6.45, 7) is 5.32. The van der Waals surface area contributed by atoms with Crippen LogP contribution in [0.2, 0.25) is 0 Å². The zero-order chi connectivity index (χ0) is 18.8. The van der Waals surface area contributed by atoms with E-state index >= 15 is 0 Å². The van der Waals surface area contributed by atoms with Crippen LogP contribution < -0.4 is 15.5 Å². The highest BCUT2D eigenvalue weighted by molar-refractivity contribution is 5.79. The summed E-state index contributed by atoms with van der Waals surface area (Å²) < 4.78 is 2.03. The number of imidazole rings is 1. The number of hydrogen-bond donors (Lipinski definition) is 2. The summed E-state index contributed by atoms with van der Waals surface area (Å²) >= 11 is 0. The molecule has 0 amide bonds. The van der Waals surface area contributed by atoms with Gasteiger partial charge in [0, 0.05) is 45.0 Å². The maximum absolute atomic E-state index is 4.61. The SMILES string of the molecule is CCc1cc(CNC2CCNC2)ccc1N(C)c1cc2c(cn1)ncn2C. The van der Waals surface area contributed by atoms with Gasteiger partial charge in [-0.05, 0) is 36.6 Å². The number of fused-ring (bicyclic) bond motifs is 1. The number of anilines is 2. The van der Waals surface area contributed by atoms with E-state index in [1.54, 1.807) is 0 Å². The van der Waals surface area contributed by atoms with Crippen molar-refractivity contribution in [2.45, 2.75) is 32.4 Å². The first-order valence-corrected chi connectivity index (χ1v) is 9.72. The largest absolute Gasteiger partial charge is 0.334 e. The molecule has 3 aromatic rings. The van der Waals surface area contributed by atoms with Crippen molar-refractivity contribution in [3.8, 4) is 0 Å². The second-order valence-corrected chi connectivity index (χ2v) is 7.33. The lowest BCUT2D eigenvalue weighted by atomic mass is 10.0. The van der Waals surface area contributed by atoms with Crippen molar-refractivity contribution in [2.75, 3.05) is 25.0 Å². The van der Waals surface area contributed by atoms with Crippen molar-refractivity contribution in [3.63, 3.8) is 0 Å². The number of benzene rings is 1. The average molecular weight is 364 g/mol. The Balaban J connectivity index is 1.56. The molecule has 1 aliphatic rings. The van der Waals surface area contributed by atoms with Crippen LogP contribution >= 0.6 is 0 Å².